The van der Waals surface area contributed by atoms with E-state index in [0.29, 0.717) is 13.1 Å². The molecule has 7 heteroatoms. The van der Waals surface area contributed by atoms with E-state index in [1.54, 1.807) is 17.7 Å². The van der Waals surface area contributed by atoms with Crippen LogP contribution in [0.25, 0.3) is 15.9 Å². The van der Waals surface area contributed by atoms with E-state index >= 15 is 0 Å². The molecule has 1 aromatic carbocycles. The molecule has 4 aromatic rings. The summed E-state index contributed by atoms with van der Waals surface area (Å²) < 4.78 is 1.84. The normalized spacial score (nSPS) is 14.0. The van der Waals surface area contributed by atoms with E-state index in [1.165, 1.54) is 34.2 Å². The van der Waals surface area contributed by atoms with Gasteiger partial charge >= 0.3 is 0 Å². The molecule has 0 spiro atoms. The van der Waals surface area contributed by atoms with E-state index in [0.717, 1.165) is 29.3 Å². The van der Waals surface area contributed by atoms with Crippen molar-refractivity contribution in [2.24, 2.45) is 0 Å². The maximum Gasteiger partial charge on any atom is 0.230 e. The SMILES string of the molecule is OCCN(Cc1ccccc1)c1nc2sc3c(c2c2ncnn12)CCCC3. The number of aliphatic hydroxyl groups excluding tert-OH is 1. The number of hydrogen-bond donors (Lipinski definition) is 1. The number of thiophene rings is 1. The minimum atomic E-state index is 0.0592. The lowest BCUT2D eigenvalue weighted by Gasteiger charge is -2.23. The Labute approximate surface area is 161 Å². The molecular weight excluding hydrogens is 358 g/mol. The van der Waals surface area contributed by atoms with Crippen molar-refractivity contribution in [3.8, 4) is 0 Å². The molecule has 0 bridgehead atoms. The number of hydrogen-bond acceptors (Lipinski definition) is 6. The van der Waals surface area contributed by atoms with Gasteiger partial charge in [0.2, 0.25) is 5.95 Å². The van der Waals surface area contributed by atoms with Crippen LogP contribution in [0, 0.1) is 0 Å². The molecule has 27 heavy (non-hydrogen) atoms. The number of nitrogens with zero attached hydrogens (tertiary/aromatic N) is 5. The predicted octanol–water partition coefficient (Wildman–Crippen LogP) is 3.22. The molecule has 0 radical (unpaired) electrons. The molecule has 0 amide bonds. The molecule has 0 fully saturated rings. The first-order valence-corrected chi connectivity index (χ1v) is 10.2. The topological polar surface area (TPSA) is 66.5 Å². The second kappa shape index (κ2) is 6.90. The zero-order valence-electron chi connectivity index (χ0n) is 15.0. The first-order valence-electron chi connectivity index (χ1n) is 9.39. The van der Waals surface area contributed by atoms with E-state index in [1.807, 2.05) is 22.7 Å². The van der Waals surface area contributed by atoms with Crippen molar-refractivity contribution < 1.29 is 5.11 Å². The lowest BCUT2D eigenvalue weighted by atomic mass is 9.97. The second-order valence-corrected chi connectivity index (χ2v) is 8.01. The van der Waals surface area contributed by atoms with E-state index < -0.39 is 0 Å². The highest BCUT2D eigenvalue weighted by Gasteiger charge is 2.23. The molecule has 1 N–H and O–H groups in total. The number of anilines is 1. The summed E-state index contributed by atoms with van der Waals surface area (Å²) in [6, 6.07) is 10.2. The molecule has 1 aliphatic rings. The zero-order valence-corrected chi connectivity index (χ0v) is 15.8. The number of benzene rings is 1. The minimum absolute atomic E-state index is 0.0592. The fourth-order valence-electron chi connectivity index (χ4n) is 3.94. The fourth-order valence-corrected chi connectivity index (χ4v) is 5.19. The number of aliphatic hydroxyl groups is 1. The first-order chi connectivity index (χ1) is 13.3. The summed E-state index contributed by atoms with van der Waals surface area (Å²) in [7, 11) is 0. The average molecular weight is 379 g/mol. The summed E-state index contributed by atoms with van der Waals surface area (Å²) in [5.74, 6) is 0.742. The highest BCUT2D eigenvalue weighted by molar-refractivity contribution is 7.19. The molecule has 3 heterocycles. The molecule has 0 aliphatic heterocycles. The third kappa shape index (κ3) is 2.87. The van der Waals surface area contributed by atoms with Gasteiger partial charge in [-0.1, -0.05) is 30.3 Å². The third-order valence-corrected chi connectivity index (χ3v) is 6.37. The molecule has 3 aromatic heterocycles. The monoisotopic (exact) mass is 379 g/mol. The van der Waals surface area contributed by atoms with Gasteiger partial charge < -0.3 is 10.0 Å². The van der Waals surface area contributed by atoms with Gasteiger partial charge in [-0.3, -0.25) is 0 Å². The van der Waals surface area contributed by atoms with Gasteiger partial charge in [0.05, 0.1) is 12.0 Å². The van der Waals surface area contributed by atoms with Crippen molar-refractivity contribution in [3.63, 3.8) is 0 Å². The number of fused-ring (bicyclic) bond motifs is 5. The van der Waals surface area contributed by atoms with Crippen LogP contribution in [0.1, 0.15) is 28.8 Å². The molecule has 0 atom stereocenters. The molecule has 1 aliphatic carbocycles. The molecule has 0 saturated carbocycles. The van der Waals surface area contributed by atoms with Crippen LogP contribution >= 0.6 is 11.3 Å². The summed E-state index contributed by atoms with van der Waals surface area (Å²) in [6.45, 7) is 1.22. The number of aromatic nitrogens is 4. The Morgan fingerprint density at radius 1 is 1.15 bits per heavy atom. The number of rotatable bonds is 5. The van der Waals surface area contributed by atoms with Gasteiger partial charge in [-0.25, -0.2) is 9.97 Å². The average Bonchev–Trinajstić information content (AvgIpc) is 3.32. The van der Waals surface area contributed by atoms with Crippen molar-refractivity contribution >= 4 is 33.1 Å². The number of aryl methyl sites for hydroxylation is 2. The lowest BCUT2D eigenvalue weighted by molar-refractivity contribution is 0.300. The van der Waals surface area contributed by atoms with E-state index in [9.17, 15) is 5.11 Å². The Kier molecular flexibility index (Phi) is 4.26. The van der Waals surface area contributed by atoms with Crippen LogP contribution in [0.2, 0.25) is 0 Å². The largest absolute Gasteiger partial charge is 0.395 e. The van der Waals surface area contributed by atoms with E-state index in [4.69, 9.17) is 4.98 Å². The van der Waals surface area contributed by atoms with E-state index in [2.05, 4.69) is 27.1 Å². The maximum atomic E-state index is 9.63. The third-order valence-electron chi connectivity index (χ3n) is 5.18. The Hall–Kier alpha value is -2.51. The van der Waals surface area contributed by atoms with Crippen LogP contribution in [-0.2, 0) is 19.4 Å². The molecule has 6 nitrogen and oxygen atoms in total. The van der Waals surface area contributed by atoms with Crippen LogP contribution in [0.3, 0.4) is 0 Å². The molecule has 0 unspecified atom stereocenters. The predicted molar refractivity (Wildman–Crippen MR) is 107 cm³/mol. The van der Waals surface area contributed by atoms with Crippen LogP contribution < -0.4 is 4.90 Å². The minimum Gasteiger partial charge on any atom is -0.395 e. The summed E-state index contributed by atoms with van der Waals surface area (Å²) in [4.78, 5) is 14.1. The molecular formula is C20H21N5OS. The smallest absolute Gasteiger partial charge is 0.230 e. The Morgan fingerprint density at radius 2 is 2.00 bits per heavy atom. The Morgan fingerprint density at radius 3 is 2.85 bits per heavy atom. The van der Waals surface area contributed by atoms with Gasteiger partial charge in [-0.2, -0.15) is 9.61 Å². The van der Waals surface area contributed by atoms with Gasteiger partial charge in [0.25, 0.3) is 0 Å². The van der Waals surface area contributed by atoms with Crippen LogP contribution in [-0.4, -0.2) is 37.8 Å². The summed E-state index contributed by atoms with van der Waals surface area (Å²) >= 11 is 1.79. The fraction of sp³-hybridized carbons (Fsp3) is 0.350. The van der Waals surface area contributed by atoms with Crippen molar-refractivity contribution in [3.05, 3.63) is 52.7 Å². The Balaban J connectivity index is 1.67. The van der Waals surface area contributed by atoms with Gasteiger partial charge in [0, 0.05) is 18.0 Å². The second-order valence-electron chi connectivity index (χ2n) is 6.93. The summed E-state index contributed by atoms with van der Waals surface area (Å²) in [5.41, 5.74) is 3.46. The zero-order chi connectivity index (χ0) is 18.2. The van der Waals surface area contributed by atoms with Gasteiger partial charge in [-0.05, 0) is 36.8 Å². The quantitative estimate of drug-likeness (QED) is 0.577. The highest BCUT2D eigenvalue weighted by atomic mass is 32.1. The van der Waals surface area contributed by atoms with Crippen LogP contribution in [0.4, 0.5) is 5.95 Å². The van der Waals surface area contributed by atoms with Crippen molar-refractivity contribution in [2.75, 3.05) is 18.1 Å². The highest BCUT2D eigenvalue weighted by Crippen LogP contribution is 2.38. The van der Waals surface area contributed by atoms with Gasteiger partial charge in [0.1, 0.15) is 11.2 Å². The Bertz CT molecular complexity index is 1090. The standard InChI is InChI=1S/C20H21N5OS/c26-11-10-24(12-14-6-2-1-3-7-14)20-23-19-17(18-21-13-22-25(18)20)15-8-4-5-9-16(15)27-19/h1-3,6-7,13,26H,4-5,8-12H2. The molecule has 0 saturated heterocycles. The van der Waals surface area contributed by atoms with Gasteiger partial charge in [0.15, 0.2) is 5.65 Å². The molecule has 138 valence electrons. The summed E-state index contributed by atoms with van der Waals surface area (Å²) in [5, 5.41) is 15.3. The maximum absolute atomic E-state index is 9.63. The lowest BCUT2D eigenvalue weighted by Crippen LogP contribution is -2.29. The van der Waals surface area contributed by atoms with Crippen molar-refractivity contribution in [2.45, 2.75) is 32.2 Å². The first kappa shape index (κ1) is 16.6. The van der Waals surface area contributed by atoms with Crippen molar-refractivity contribution in [1.29, 1.82) is 0 Å². The summed E-state index contributed by atoms with van der Waals surface area (Å²) in [6.07, 6.45) is 6.32. The van der Waals surface area contributed by atoms with Crippen LogP contribution in [0.5, 0.6) is 0 Å². The van der Waals surface area contributed by atoms with Crippen LogP contribution in [0.15, 0.2) is 36.7 Å². The molecule has 5 rings (SSSR count). The van der Waals surface area contributed by atoms with E-state index in [-0.39, 0.29) is 6.61 Å². The van der Waals surface area contributed by atoms with Crippen molar-refractivity contribution in [1.82, 2.24) is 19.6 Å². The van der Waals surface area contributed by atoms with Gasteiger partial charge in [-0.15, -0.1) is 11.3 Å².